The lowest BCUT2D eigenvalue weighted by Crippen LogP contribution is -2.42. The van der Waals surface area contributed by atoms with Gasteiger partial charge in [0, 0.05) is 20.1 Å². The van der Waals surface area contributed by atoms with Crippen LogP contribution in [-0.4, -0.2) is 60.1 Å². The first kappa shape index (κ1) is 15.4. The first-order valence-electron chi connectivity index (χ1n) is 7.06. The number of hydrogen-bond donors (Lipinski definition) is 1. The normalized spacial score (nSPS) is 16.8. The first-order valence-corrected chi connectivity index (χ1v) is 7.06. The maximum absolute atomic E-state index is 11.4. The molecule has 1 N–H and O–H groups in total. The van der Waals surface area contributed by atoms with Crippen molar-refractivity contribution in [1.29, 1.82) is 0 Å². The monoisotopic (exact) mass is 294 g/mol. The van der Waals surface area contributed by atoms with Gasteiger partial charge in [-0.1, -0.05) is 0 Å². The van der Waals surface area contributed by atoms with Crippen molar-refractivity contribution in [1.82, 2.24) is 14.9 Å². The van der Waals surface area contributed by atoms with Crippen molar-refractivity contribution in [3.8, 4) is 0 Å². The SMILES string of the molecule is CNc1nc(C)c([N+](=O)[O-])c(N(C)C2CCN(C)CC2)n1. The Morgan fingerprint density at radius 1 is 1.38 bits per heavy atom. The van der Waals surface area contributed by atoms with Gasteiger partial charge in [-0.15, -0.1) is 0 Å². The predicted molar refractivity (Wildman–Crippen MR) is 81.9 cm³/mol. The third-order valence-electron chi connectivity index (χ3n) is 4.02. The Labute approximate surface area is 124 Å². The van der Waals surface area contributed by atoms with E-state index in [1.807, 2.05) is 11.9 Å². The molecule has 2 heterocycles. The van der Waals surface area contributed by atoms with E-state index < -0.39 is 4.92 Å². The van der Waals surface area contributed by atoms with Gasteiger partial charge in [0.2, 0.25) is 11.8 Å². The third kappa shape index (κ3) is 3.21. The number of nitrogens with one attached hydrogen (secondary N) is 1. The van der Waals surface area contributed by atoms with Gasteiger partial charge < -0.3 is 15.1 Å². The molecule has 0 radical (unpaired) electrons. The zero-order valence-corrected chi connectivity index (χ0v) is 13.0. The number of rotatable bonds is 4. The highest BCUT2D eigenvalue weighted by Crippen LogP contribution is 2.31. The molecule has 21 heavy (non-hydrogen) atoms. The second kappa shape index (κ2) is 6.21. The lowest BCUT2D eigenvalue weighted by Gasteiger charge is -2.35. The van der Waals surface area contributed by atoms with Crippen LogP contribution < -0.4 is 10.2 Å². The molecule has 1 aromatic rings. The number of aromatic nitrogens is 2. The summed E-state index contributed by atoms with van der Waals surface area (Å²) >= 11 is 0. The van der Waals surface area contributed by atoms with Crippen LogP contribution in [0.25, 0.3) is 0 Å². The van der Waals surface area contributed by atoms with Crippen LogP contribution in [0.1, 0.15) is 18.5 Å². The topological polar surface area (TPSA) is 87.4 Å². The average Bonchev–Trinajstić information content (AvgIpc) is 2.45. The van der Waals surface area contributed by atoms with Crippen LogP contribution in [0.3, 0.4) is 0 Å². The van der Waals surface area contributed by atoms with Gasteiger partial charge in [-0.2, -0.15) is 4.98 Å². The summed E-state index contributed by atoms with van der Waals surface area (Å²) in [4.78, 5) is 23.6. The van der Waals surface area contributed by atoms with Crippen LogP contribution in [0.4, 0.5) is 17.5 Å². The number of nitrogens with zero attached hydrogens (tertiary/aromatic N) is 5. The van der Waals surface area contributed by atoms with Gasteiger partial charge in [-0.05, 0) is 39.9 Å². The second-order valence-corrected chi connectivity index (χ2v) is 5.46. The Kier molecular flexibility index (Phi) is 4.56. The highest BCUT2D eigenvalue weighted by atomic mass is 16.6. The molecular weight excluding hydrogens is 272 g/mol. The predicted octanol–water partition coefficient (Wildman–Crippen LogP) is 1.27. The van der Waals surface area contributed by atoms with Crippen LogP contribution in [0.5, 0.6) is 0 Å². The summed E-state index contributed by atoms with van der Waals surface area (Å²) in [6.07, 6.45) is 1.95. The smallest absolute Gasteiger partial charge is 0.332 e. The zero-order chi connectivity index (χ0) is 15.6. The molecule has 2 rings (SSSR count). The van der Waals surface area contributed by atoms with E-state index in [0.717, 1.165) is 25.9 Å². The van der Waals surface area contributed by atoms with Crippen LogP contribution in [0.2, 0.25) is 0 Å². The minimum Gasteiger partial charge on any atom is -0.357 e. The quantitative estimate of drug-likeness (QED) is 0.660. The van der Waals surface area contributed by atoms with Crippen molar-refractivity contribution >= 4 is 17.5 Å². The summed E-state index contributed by atoms with van der Waals surface area (Å²) in [5.41, 5.74) is 0.379. The van der Waals surface area contributed by atoms with Gasteiger partial charge in [-0.25, -0.2) is 4.98 Å². The number of aryl methyl sites for hydroxylation is 1. The Hall–Kier alpha value is -1.96. The van der Waals surface area contributed by atoms with Gasteiger partial charge >= 0.3 is 5.69 Å². The Morgan fingerprint density at radius 3 is 2.52 bits per heavy atom. The van der Waals surface area contributed by atoms with Gasteiger partial charge in [0.1, 0.15) is 5.69 Å². The molecule has 0 aliphatic carbocycles. The van der Waals surface area contributed by atoms with Crippen LogP contribution >= 0.6 is 0 Å². The molecule has 8 heteroatoms. The zero-order valence-electron chi connectivity index (χ0n) is 13.0. The molecule has 0 atom stereocenters. The summed E-state index contributed by atoms with van der Waals surface area (Å²) in [5.74, 6) is 0.805. The molecule has 1 fully saturated rings. The highest BCUT2D eigenvalue weighted by molar-refractivity contribution is 5.62. The lowest BCUT2D eigenvalue weighted by atomic mass is 10.0. The Morgan fingerprint density at radius 2 is 2.00 bits per heavy atom. The van der Waals surface area contributed by atoms with Gasteiger partial charge in [0.05, 0.1) is 4.92 Å². The summed E-state index contributed by atoms with van der Waals surface area (Å²) in [6.45, 7) is 3.63. The van der Waals surface area contributed by atoms with E-state index in [9.17, 15) is 10.1 Å². The van der Waals surface area contributed by atoms with Crippen LogP contribution in [0, 0.1) is 17.0 Å². The fourth-order valence-corrected chi connectivity index (χ4v) is 2.68. The molecule has 0 unspecified atom stereocenters. The molecule has 1 saturated heterocycles. The molecule has 0 bridgehead atoms. The van der Waals surface area contributed by atoms with E-state index in [1.54, 1.807) is 14.0 Å². The van der Waals surface area contributed by atoms with E-state index in [-0.39, 0.29) is 11.7 Å². The Bertz CT molecular complexity index is 528. The highest BCUT2D eigenvalue weighted by Gasteiger charge is 2.29. The van der Waals surface area contributed by atoms with Crippen molar-refractivity contribution in [2.24, 2.45) is 0 Å². The number of likely N-dealkylation sites (tertiary alicyclic amines) is 1. The molecule has 1 aliphatic rings. The minimum atomic E-state index is -0.393. The second-order valence-electron chi connectivity index (χ2n) is 5.46. The number of piperidine rings is 1. The Balaban J connectivity index is 2.36. The maximum atomic E-state index is 11.4. The van der Waals surface area contributed by atoms with E-state index >= 15 is 0 Å². The summed E-state index contributed by atoms with van der Waals surface area (Å²) in [6, 6.07) is 0.263. The fourth-order valence-electron chi connectivity index (χ4n) is 2.68. The molecule has 0 saturated carbocycles. The average molecular weight is 294 g/mol. The van der Waals surface area contributed by atoms with Crippen molar-refractivity contribution < 1.29 is 4.92 Å². The minimum absolute atomic E-state index is 0.00423. The van der Waals surface area contributed by atoms with E-state index in [0.29, 0.717) is 17.5 Å². The molecule has 0 amide bonds. The standard InChI is InChI=1S/C13H22N6O2/c1-9-11(19(20)21)12(16-13(14-2)15-9)18(4)10-5-7-17(3)8-6-10/h10H,5-8H2,1-4H3,(H,14,15,16). The summed E-state index contributed by atoms with van der Waals surface area (Å²) in [5, 5.41) is 14.2. The number of anilines is 2. The molecule has 0 aromatic carbocycles. The van der Waals surface area contributed by atoms with Gasteiger partial charge in [0.15, 0.2) is 0 Å². The van der Waals surface area contributed by atoms with Crippen molar-refractivity contribution in [2.75, 3.05) is 44.4 Å². The van der Waals surface area contributed by atoms with Crippen molar-refractivity contribution in [3.63, 3.8) is 0 Å². The molecule has 8 nitrogen and oxygen atoms in total. The van der Waals surface area contributed by atoms with Crippen molar-refractivity contribution in [3.05, 3.63) is 15.8 Å². The number of nitro groups is 1. The third-order valence-corrected chi connectivity index (χ3v) is 4.02. The molecule has 0 spiro atoms. The lowest BCUT2D eigenvalue weighted by molar-refractivity contribution is -0.385. The summed E-state index contributed by atoms with van der Waals surface area (Å²) < 4.78 is 0. The van der Waals surface area contributed by atoms with Gasteiger partial charge in [-0.3, -0.25) is 10.1 Å². The van der Waals surface area contributed by atoms with E-state index in [4.69, 9.17) is 0 Å². The van der Waals surface area contributed by atoms with E-state index in [1.165, 1.54) is 0 Å². The summed E-state index contributed by atoms with van der Waals surface area (Å²) in [7, 11) is 5.68. The maximum Gasteiger partial charge on any atom is 0.332 e. The first-order chi connectivity index (χ1) is 9.93. The van der Waals surface area contributed by atoms with Crippen molar-refractivity contribution in [2.45, 2.75) is 25.8 Å². The largest absolute Gasteiger partial charge is 0.357 e. The fraction of sp³-hybridized carbons (Fsp3) is 0.692. The molecule has 1 aromatic heterocycles. The van der Waals surface area contributed by atoms with E-state index in [2.05, 4.69) is 27.2 Å². The number of hydrogen-bond acceptors (Lipinski definition) is 7. The molecule has 1 aliphatic heterocycles. The van der Waals surface area contributed by atoms with Crippen LogP contribution in [0.15, 0.2) is 0 Å². The van der Waals surface area contributed by atoms with Gasteiger partial charge in [0.25, 0.3) is 0 Å². The molecule has 116 valence electrons. The molecular formula is C13H22N6O2. The van der Waals surface area contributed by atoms with Crippen LogP contribution in [-0.2, 0) is 0 Å².